The second-order valence-electron chi connectivity index (χ2n) is 4.16. The third kappa shape index (κ3) is 3.47. The second kappa shape index (κ2) is 6.08. The molecule has 1 heterocycles. The first-order valence-corrected chi connectivity index (χ1v) is 5.79. The molecule has 1 rings (SSSR count). The van der Waals surface area contributed by atoms with Gasteiger partial charge < -0.3 is 15.4 Å². The molecule has 4 heteroatoms. The molecule has 0 aromatic heterocycles. The van der Waals surface area contributed by atoms with E-state index in [2.05, 4.69) is 0 Å². The topological polar surface area (TPSA) is 55.6 Å². The molecule has 1 aliphatic rings. The number of nitrogens with two attached hydrogens (primary N) is 1. The Hall–Kier alpha value is -0.610. The van der Waals surface area contributed by atoms with Crippen LogP contribution in [0.5, 0.6) is 0 Å². The van der Waals surface area contributed by atoms with Gasteiger partial charge in [-0.25, -0.2) is 0 Å². The Labute approximate surface area is 91.8 Å². The third-order valence-corrected chi connectivity index (χ3v) is 2.89. The fourth-order valence-electron chi connectivity index (χ4n) is 1.89. The summed E-state index contributed by atoms with van der Waals surface area (Å²) in [7, 11) is 0. The van der Waals surface area contributed by atoms with Crippen molar-refractivity contribution in [1.29, 1.82) is 0 Å². The van der Waals surface area contributed by atoms with Crippen LogP contribution < -0.4 is 5.73 Å². The van der Waals surface area contributed by atoms with E-state index in [1.807, 2.05) is 18.7 Å². The Morgan fingerprint density at radius 2 is 2.40 bits per heavy atom. The highest BCUT2D eigenvalue weighted by Gasteiger charge is 2.24. The lowest BCUT2D eigenvalue weighted by Crippen LogP contribution is -2.41. The standard InChI is InChI=1S/C11H22N2O2/c1-3-10(7-12)11(14)13-5-4-6-15-9(2)8-13/h9-10H,3-8,12H2,1-2H3. The average molecular weight is 214 g/mol. The highest BCUT2D eigenvalue weighted by atomic mass is 16.5. The van der Waals surface area contributed by atoms with E-state index < -0.39 is 0 Å². The van der Waals surface area contributed by atoms with E-state index >= 15 is 0 Å². The van der Waals surface area contributed by atoms with Crippen molar-refractivity contribution in [2.24, 2.45) is 11.7 Å². The summed E-state index contributed by atoms with van der Waals surface area (Å²) >= 11 is 0. The zero-order valence-electron chi connectivity index (χ0n) is 9.74. The van der Waals surface area contributed by atoms with Crippen LogP contribution in [0, 0.1) is 5.92 Å². The molecule has 0 bridgehead atoms. The van der Waals surface area contributed by atoms with Crippen molar-refractivity contribution in [1.82, 2.24) is 4.90 Å². The van der Waals surface area contributed by atoms with Crippen molar-refractivity contribution in [2.75, 3.05) is 26.2 Å². The first-order valence-electron chi connectivity index (χ1n) is 5.79. The normalized spacial score (nSPS) is 24.7. The van der Waals surface area contributed by atoms with E-state index in [-0.39, 0.29) is 17.9 Å². The van der Waals surface area contributed by atoms with Crippen LogP contribution in [-0.4, -0.2) is 43.2 Å². The summed E-state index contributed by atoms with van der Waals surface area (Å²) in [6.45, 7) is 6.72. The SMILES string of the molecule is CCC(CN)C(=O)N1CCCOC(C)C1. The summed E-state index contributed by atoms with van der Waals surface area (Å²) in [5.41, 5.74) is 5.59. The minimum atomic E-state index is -0.0182. The number of ether oxygens (including phenoxy) is 1. The average Bonchev–Trinajstić information content (AvgIpc) is 2.44. The summed E-state index contributed by atoms with van der Waals surface area (Å²) in [5, 5.41) is 0. The van der Waals surface area contributed by atoms with E-state index in [0.717, 1.165) is 26.0 Å². The van der Waals surface area contributed by atoms with Gasteiger partial charge in [-0.3, -0.25) is 4.79 Å². The van der Waals surface area contributed by atoms with Gasteiger partial charge in [0.05, 0.1) is 12.0 Å². The lowest BCUT2D eigenvalue weighted by atomic mass is 10.1. The van der Waals surface area contributed by atoms with Gasteiger partial charge in [0.1, 0.15) is 0 Å². The molecular weight excluding hydrogens is 192 g/mol. The molecule has 0 spiro atoms. The van der Waals surface area contributed by atoms with E-state index in [0.29, 0.717) is 13.1 Å². The van der Waals surface area contributed by atoms with Gasteiger partial charge in [0, 0.05) is 26.2 Å². The van der Waals surface area contributed by atoms with Crippen molar-refractivity contribution in [3.63, 3.8) is 0 Å². The smallest absolute Gasteiger partial charge is 0.227 e. The van der Waals surface area contributed by atoms with Crippen LogP contribution in [0.4, 0.5) is 0 Å². The fourth-order valence-corrected chi connectivity index (χ4v) is 1.89. The Kier molecular flexibility index (Phi) is 5.05. The third-order valence-electron chi connectivity index (χ3n) is 2.89. The van der Waals surface area contributed by atoms with Crippen LogP contribution >= 0.6 is 0 Å². The summed E-state index contributed by atoms with van der Waals surface area (Å²) in [6, 6.07) is 0. The van der Waals surface area contributed by atoms with Crippen molar-refractivity contribution >= 4 is 5.91 Å². The molecule has 1 fully saturated rings. The number of hydrogen-bond acceptors (Lipinski definition) is 3. The van der Waals surface area contributed by atoms with Crippen LogP contribution in [0.1, 0.15) is 26.7 Å². The predicted molar refractivity (Wildman–Crippen MR) is 59.4 cm³/mol. The number of hydrogen-bond donors (Lipinski definition) is 1. The molecule has 2 atom stereocenters. The molecule has 15 heavy (non-hydrogen) atoms. The highest BCUT2D eigenvalue weighted by molar-refractivity contribution is 5.79. The number of rotatable bonds is 3. The maximum absolute atomic E-state index is 12.0. The van der Waals surface area contributed by atoms with Gasteiger partial charge in [-0.05, 0) is 19.8 Å². The van der Waals surface area contributed by atoms with Crippen molar-refractivity contribution in [3.05, 3.63) is 0 Å². The largest absolute Gasteiger partial charge is 0.377 e. The van der Waals surface area contributed by atoms with Crippen LogP contribution in [0.3, 0.4) is 0 Å². The number of amides is 1. The molecule has 1 saturated heterocycles. The van der Waals surface area contributed by atoms with E-state index in [9.17, 15) is 4.79 Å². The summed E-state index contributed by atoms with van der Waals surface area (Å²) in [6.07, 6.45) is 1.89. The second-order valence-corrected chi connectivity index (χ2v) is 4.16. The van der Waals surface area contributed by atoms with Crippen LogP contribution in [0.2, 0.25) is 0 Å². The Bertz CT molecular complexity index is 205. The molecule has 2 N–H and O–H groups in total. The zero-order valence-corrected chi connectivity index (χ0v) is 9.74. The molecule has 88 valence electrons. The predicted octanol–water partition coefficient (Wildman–Crippen LogP) is 0.609. The maximum Gasteiger partial charge on any atom is 0.227 e. The molecular formula is C11H22N2O2. The first kappa shape index (κ1) is 12.5. The van der Waals surface area contributed by atoms with Gasteiger partial charge in [0.2, 0.25) is 5.91 Å². The molecule has 4 nitrogen and oxygen atoms in total. The Morgan fingerprint density at radius 1 is 1.67 bits per heavy atom. The number of carbonyl (C=O) groups is 1. The monoisotopic (exact) mass is 214 g/mol. The lowest BCUT2D eigenvalue weighted by molar-refractivity contribution is -0.136. The van der Waals surface area contributed by atoms with Crippen LogP contribution in [0.25, 0.3) is 0 Å². The van der Waals surface area contributed by atoms with E-state index in [1.54, 1.807) is 0 Å². The van der Waals surface area contributed by atoms with Crippen LogP contribution in [-0.2, 0) is 9.53 Å². The minimum absolute atomic E-state index is 0.0182. The zero-order chi connectivity index (χ0) is 11.3. The van der Waals surface area contributed by atoms with E-state index in [1.165, 1.54) is 0 Å². The van der Waals surface area contributed by atoms with Crippen molar-refractivity contribution < 1.29 is 9.53 Å². The van der Waals surface area contributed by atoms with Crippen molar-refractivity contribution in [3.8, 4) is 0 Å². The van der Waals surface area contributed by atoms with Gasteiger partial charge in [0.15, 0.2) is 0 Å². The molecule has 0 aliphatic carbocycles. The van der Waals surface area contributed by atoms with Gasteiger partial charge in [-0.1, -0.05) is 6.92 Å². The number of nitrogens with zero attached hydrogens (tertiary/aromatic N) is 1. The summed E-state index contributed by atoms with van der Waals surface area (Å²) in [5.74, 6) is 0.174. The lowest BCUT2D eigenvalue weighted by Gasteiger charge is -2.25. The quantitative estimate of drug-likeness (QED) is 0.749. The summed E-state index contributed by atoms with van der Waals surface area (Å²) < 4.78 is 5.51. The Morgan fingerprint density at radius 3 is 3.00 bits per heavy atom. The summed E-state index contributed by atoms with van der Waals surface area (Å²) in [4.78, 5) is 14.0. The van der Waals surface area contributed by atoms with Gasteiger partial charge >= 0.3 is 0 Å². The van der Waals surface area contributed by atoms with Crippen molar-refractivity contribution in [2.45, 2.75) is 32.8 Å². The van der Waals surface area contributed by atoms with E-state index in [4.69, 9.17) is 10.5 Å². The molecule has 0 aromatic rings. The van der Waals surface area contributed by atoms with Crippen LogP contribution in [0.15, 0.2) is 0 Å². The first-order chi connectivity index (χ1) is 7.19. The van der Waals surface area contributed by atoms with Gasteiger partial charge in [-0.2, -0.15) is 0 Å². The molecule has 1 aliphatic heterocycles. The molecule has 2 unspecified atom stereocenters. The van der Waals surface area contributed by atoms with Gasteiger partial charge in [-0.15, -0.1) is 0 Å². The molecule has 1 amide bonds. The highest BCUT2D eigenvalue weighted by Crippen LogP contribution is 2.11. The fraction of sp³-hybridized carbons (Fsp3) is 0.909. The van der Waals surface area contributed by atoms with Gasteiger partial charge in [0.25, 0.3) is 0 Å². The Balaban J connectivity index is 2.56. The molecule has 0 aromatic carbocycles. The minimum Gasteiger partial charge on any atom is -0.377 e. The molecule has 0 saturated carbocycles. The maximum atomic E-state index is 12.0. The number of carbonyl (C=O) groups excluding carboxylic acids is 1. The molecule has 0 radical (unpaired) electrons.